The molecule has 15 heavy (non-hydrogen) atoms. The Balaban J connectivity index is 0.00000196. The second-order valence-electron chi connectivity index (χ2n) is 3.67. The molecule has 1 aliphatic heterocycles. The minimum atomic E-state index is -0.332. The molecule has 0 saturated carbocycles. The lowest BCUT2D eigenvalue weighted by Gasteiger charge is -2.13. The first kappa shape index (κ1) is 14.4. The van der Waals surface area contributed by atoms with Crippen LogP contribution in [0, 0.1) is 5.92 Å². The van der Waals surface area contributed by atoms with Gasteiger partial charge in [0.1, 0.15) is 0 Å². The Bertz CT molecular complexity index is 244. The van der Waals surface area contributed by atoms with Gasteiger partial charge in [0.25, 0.3) is 0 Å². The molecule has 0 spiro atoms. The molecule has 0 bridgehead atoms. The molecule has 0 aromatic carbocycles. The molecular formula is C10H19ClN2O2. The van der Waals surface area contributed by atoms with Crippen molar-refractivity contribution in [3.63, 3.8) is 0 Å². The maximum atomic E-state index is 11.4. The highest BCUT2D eigenvalue weighted by Gasteiger charge is 2.24. The third kappa shape index (κ3) is 4.20. The molecule has 2 unspecified atom stereocenters. The van der Waals surface area contributed by atoms with Gasteiger partial charge in [-0.05, 0) is 13.8 Å². The van der Waals surface area contributed by atoms with Gasteiger partial charge in [-0.15, -0.1) is 12.4 Å². The second-order valence-corrected chi connectivity index (χ2v) is 3.67. The van der Waals surface area contributed by atoms with Crippen molar-refractivity contribution < 1.29 is 9.90 Å². The molecule has 3 N–H and O–H groups in total. The average molecular weight is 235 g/mol. The summed E-state index contributed by atoms with van der Waals surface area (Å²) in [7, 11) is 0. The summed E-state index contributed by atoms with van der Waals surface area (Å²) < 4.78 is 0. The molecule has 1 rings (SSSR count). The molecule has 5 heteroatoms. The molecule has 1 aliphatic rings. The Morgan fingerprint density at radius 3 is 2.73 bits per heavy atom. The van der Waals surface area contributed by atoms with Gasteiger partial charge >= 0.3 is 0 Å². The monoisotopic (exact) mass is 234 g/mol. The van der Waals surface area contributed by atoms with Crippen molar-refractivity contribution in [1.29, 1.82) is 0 Å². The predicted octanol–water partition coefficient (Wildman–Crippen LogP) is 0.0709. The van der Waals surface area contributed by atoms with E-state index in [0.29, 0.717) is 18.7 Å². The molecule has 4 nitrogen and oxygen atoms in total. The summed E-state index contributed by atoms with van der Waals surface area (Å²) in [6.45, 7) is 5.55. The van der Waals surface area contributed by atoms with Gasteiger partial charge in [0.2, 0.25) is 5.91 Å². The van der Waals surface area contributed by atoms with E-state index in [1.165, 1.54) is 0 Å². The zero-order valence-electron chi connectivity index (χ0n) is 9.12. The Hall–Kier alpha value is -0.580. The van der Waals surface area contributed by atoms with E-state index in [1.807, 2.05) is 6.92 Å². The van der Waals surface area contributed by atoms with Crippen LogP contribution in [0.5, 0.6) is 0 Å². The molecule has 0 aromatic rings. The fraction of sp³-hybridized carbons (Fsp3) is 0.700. The first-order valence-corrected chi connectivity index (χ1v) is 4.95. The number of rotatable bonds is 3. The lowest BCUT2D eigenvalue weighted by molar-refractivity contribution is -0.117. The summed E-state index contributed by atoms with van der Waals surface area (Å²) in [5, 5.41) is 15.3. The second kappa shape index (κ2) is 6.82. The zero-order valence-corrected chi connectivity index (χ0v) is 9.93. The number of nitrogens with one attached hydrogen (secondary N) is 2. The van der Waals surface area contributed by atoms with E-state index >= 15 is 0 Å². The van der Waals surface area contributed by atoms with Gasteiger partial charge < -0.3 is 15.7 Å². The van der Waals surface area contributed by atoms with Gasteiger partial charge in [0.15, 0.2) is 0 Å². The van der Waals surface area contributed by atoms with Gasteiger partial charge in [0, 0.05) is 31.1 Å². The highest BCUT2D eigenvalue weighted by molar-refractivity contribution is 5.92. The topological polar surface area (TPSA) is 61.4 Å². The van der Waals surface area contributed by atoms with Gasteiger partial charge in [0.05, 0.1) is 6.10 Å². The fourth-order valence-corrected chi connectivity index (χ4v) is 1.42. The van der Waals surface area contributed by atoms with Crippen LogP contribution in [0.3, 0.4) is 0 Å². The number of carbonyl (C=O) groups excluding carboxylic acids is 1. The summed E-state index contributed by atoms with van der Waals surface area (Å²) in [6.07, 6.45) is 1.44. The van der Waals surface area contributed by atoms with Gasteiger partial charge in [-0.2, -0.15) is 0 Å². The Morgan fingerprint density at radius 2 is 2.27 bits per heavy atom. The highest BCUT2D eigenvalue weighted by Crippen LogP contribution is 2.07. The molecule has 88 valence electrons. The molecule has 1 fully saturated rings. The Kier molecular flexibility index (Phi) is 6.56. The number of halogens is 1. The maximum Gasteiger partial charge on any atom is 0.246 e. The van der Waals surface area contributed by atoms with Crippen LogP contribution in [0.15, 0.2) is 11.6 Å². The van der Waals surface area contributed by atoms with Crippen LogP contribution in [0.25, 0.3) is 0 Å². The van der Waals surface area contributed by atoms with Gasteiger partial charge in [-0.1, -0.05) is 6.08 Å². The fourth-order valence-electron chi connectivity index (χ4n) is 1.42. The summed E-state index contributed by atoms with van der Waals surface area (Å²) in [5.41, 5.74) is 0.713. The van der Waals surface area contributed by atoms with E-state index in [4.69, 9.17) is 0 Å². The summed E-state index contributed by atoms with van der Waals surface area (Å²) in [4.78, 5) is 11.4. The summed E-state index contributed by atoms with van der Waals surface area (Å²) in [6, 6.07) is 0. The smallest absolute Gasteiger partial charge is 0.246 e. The molecule has 2 atom stereocenters. The van der Waals surface area contributed by atoms with Crippen molar-refractivity contribution >= 4 is 18.3 Å². The largest absolute Gasteiger partial charge is 0.391 e. The average Bonchev–Trinajstić information content (AvgIpc) is 2.59. The maximum absolute atomic E-state index is 11.4. The van der Waals surface area contributed by atoms with E-state index in [0.717, 1.165) is 6.54 Å². The van der Waals surface area contributed by atoms with Crippen molar-refractivity contribution in [1.82, 2.24) is 10.6 Å². The minimum Gasteiger partial charge on any atom is -0.391 e. The highest BCUT2D eigenvalue weighted by atomic mass is 35.5. The summed E-state index contributed by atoms with van der Waals surface area (Å²) in [5.74, 6) is 0.0928. The molecule has 0 radical (unpaired) electrons. The standard InChI is InChI=1S/C10H18N2O2.ClH/c1-3-7(2)10(14)12-5-8-4-11-6-9(8)13;/h3,8-9,11,13H,4-6H2,1-2H3,(H,12,14);1H/b7-3-;. The van der Waals surface area contributed by atoms with Crippen LogP contribution in [-0.2, 0) is 4.79 Å². The first-order valence-electron chi connectivity index (χ1n) is 4.95. The minimum absolute atomic E-state index is 0. The SMILES string of the molecule is C/C=C(/C)C(=O)NCC1CNCC1O.Cl. The van der Waals surface area contributed by atoms with Gasteiger partial charge in [-0.3, -0.25) is 4.79 Å². The molecule has 1 saturated heterocycles. The van der Waals surface area contributed by atoms with Crippen LogP contribution < -0.4 is 10.6 Å². The van der Waals surface area contributed by atoms with E-state index in [1.54, 1.807) is 13.0 Å². The third-order valence-electron chi connectivity index (χ3n) is 2.62. The van der Waals surface area contributed by atoms with Crippen LogP contribution in [0.1, 0.15) is 13.8 Å². The van der Waals surface area contributed by atoms with Crippen molar-refractivity contribution in [3.8, 4) is 0 Å². The van der Waals surface area contributed by atoms with Crippen LogP contribution >= 0.6 is 12.4 Å². The zero-order chi connectivity index (χ0) is 10.6. The van der Waals surface area contributed by atoms with E-state index in [9.17, 15) is 9.90 Å². The normalized spacial score (nSPS) is 25.9. The number of β-amino-alcohol motifs (C(OH)–C–C–N with tert-alkyl or cyclic N) is 1. The molecule has 0 aromatic heterocycles. The number of allylic oxidation sites excluding steroid dienone is 1. The molecule has 1 amide bonds. The number of carbonyl (C=O) groups is 1. The molecular weight excluding hydrogens is 216 g/mol. The summed E-state index contributed by atoms with van der Waals surface area (Å²) >= 11 is 0. The Morgan fingerprint density at radius 1 is 1.60 bits per heavy atom. The van der Waals surface area contributed by atoms with E-state index < -0.39 is 0 Å². The first-order chi connectivity index (χ1) is 6.65. The number of aliphatic hydroxyl groups excluding tert-OH is 1. The van der Waals surface area contributed by atoms with Crippen molar-refractivity contribution in [2.75, 3.05) is 19.6 Å². The van der Waals surface area contributed by atoms with Crippen molar-refractivity contribution in [2.24, 2.45) is 5.92 Å². The van der Waals surface area contributed by atoms with Crippen LogP contribution in [0.4, 0.5) is 0 Å². The van der Waals surface area contributed by atoms with E-state index in [2.05, 4.69) is 10.6 Å². The predicted molar refractivity (Wildman–Crippen MR) is 62.1 cm³/mol. The quantitative estimate of drug-likeness (QED) is 0.606. The van der Waals surface area contributed by atoms with Crippen molar-refractivity contribution in [2.45, 2.75) is 20.0 Å². The van der Waals surface area contributed by atoms with Gasteiger partial charge in [-0.25, -0.2) is 0 Å². The van der Waals surface area contributed by atoms with E-state index in [-0.39, 0.29) is 30.3 Å². The number of aliphatic hydroxyl groups is 1. The van der Waals surface area contributed by atoms with Crippen molar-refractivity contribution in [3.05, 3.63) is 11.6 Å². The number of hydrogen-bond acceptors (Lipinski definition) is 3. The molecule has 0 aliphatic carbocycles. The Labute approximate surface area is 96.5 Å². The number of amides is 1. The van der Waals surface area contributed by atoms with Crippen LogP contribution in [-0.4, -0.2) is 36.8 Å². The lowest BCUT2D eigenvalue weighted by Crippen LogP contribution is -2.34. The van der Waals surface area contributed by atoms with Crippen LogP contribution in [0.2, 0.25) is 0 Å². The third-order valence-corrected chi connectivity index (χ3v) is 2.62. The number of hydrogen-bond donors (Lipinski definition) is 3. The lowest BCUT2D eigenvalue weighted by atomic mass is 10.1. The molecule has 1 heterocycles.